The van der Waals surface area contributed by atoms with E-state index in [1.54, 1.807) is 48.8 Å². The van der Waals surface area contributed by atoms with Gasteiger partial charge in [-0.05, 0) is 35.9 Å². The fourth-order valence-electron chi connectivity index (χ4n) is 2.77. The van der Waals surface area contributed by atoms with E-state index in [1.165, 1.54) is 23.5 Å². The normalized spacial score (nSPS) is 12.1. The van der Waals surface area contributed by atoms with Gasteiger partial charge in [0.15, 0.2) is 5.75 Å². The van der Waals surface area contributed by atoms with Crippen LogP contribution in [0, 0.1) is 10.1 Å². The summed E-state index contributed by atoms with van der Waals surface area (Å²) < 4.78 is 6.75. The van der Waals surface area contributed by atoms with Gasteiger partial charge in [0.1, 0.15) is 11.9 Å². The number of ether oxygens (including phenoxy) is 1. The van der Waals surface area contributed by atoms with E-state index in [1.807, 2.05) is 6.07 Å². The van der Waals surface area contributed by atoms with Crippen LogP contribution in [0.2, 0.25) is 5.02 Å². The highest BCUT2D eigenvalue weighted by Crippen LogP contribution is 2.38. The number of halogens is 1. The van der Waals surface area contributed by atoms with E-state index in [-0.39, 0.29) is 5.69 Å². The second-order valence-electron chi connectivity index (χ2n) is 6.01. The lowest BCUT2D eigenvalue weighted by Gasteiger charge is -2.08. The maximum absolute atomic E-state index is 11.0. The van der Waals surface area contributed by atoms with Gasteiger partial charge in [-0.3, -0.25) is 15.1 Å². The van der Waals surface area contributed by atoms with Gasteiger partial charge >= 0.3 is 0 Å². The van der Waals surface area contributed by atoms with E-state index in [0.717, 1.165) is 10.1 Å². The van der Waals surface area contributed by atoms with E-state index in [4.69, 9.17) is 16.3 Å². The van der Waals surface area contributed by atoms with Gasteiger partial charge in [-0.15, -0.1) is 11.3 Å². The molecule has 0 spiro atoms. The van der Waals surface area contributed by atoms with Gasteiger partial charge in [-0.2, -0.15) is 0 Å². The molecule has 0 fully saturated rings. The van der Waals surface area contributed by atoms with Crippen LogP contribution in [0.4, 0.5) is 5.69 Å². The summed E-state index contributed by atoms with van der Waals surface area (Å²) in [4.78, 5) is 15.3. The summed E-state index contributed by atoms with van der Waals surface area (Å²) in [5.74, 6) is 1.17. The number of aromatic nitrogens is 1. The van der Waals surface area contributed by atoms with Gasteiger partial charge < -0.3 is 9.84 Å². The number of hydrogen-bond donors (Lipinski definition) is 1. The van der Waals surface area contributed by atoms with E-state index in [0.29, 0.717) is 27.0 Å². The van der Waals surface area contributed by atoms with Crippen molar-refractivity contribution in [3.05, 3.63) is 92.6 Å². The van der Waals surface area contributed by atoms with Crippen LogP contribution in [0.25, 0.3) is 10.1 Å². The van der Waals surface area contributed by atoms with Crippen LogP contribution in [0.1, 0.15) is 16.5 Å². The number of nitro groups is 1. The van der Waals surface area contributed by atoms with Crippen molar-refractivity contribution >= 4 is 38.7 Å². The molecule has 1 N–H and O–H groups in total. The Morgan fingerprint density at radius 2 is 1.93 bits per heavy atom. The number of hydrogen-bond acceptors (Lipinski definition) is 6. The van der Waals surface area contributed by atoms with Crippen molar-refractivity contribution in [1.82, 2.24) is 4.98 Å². The van der Waals surface area contributed by atoms with Crippen LogP contribution < -0.4 is 4.74 Å². The lowest BCUT2D eigenvalue weighted by atomic mass is 10.1. The minimum Gasteiger partial charge on any atom is -0.455 e. The summed E-state index contributed by atoms with van der Waals surface area (Å²) in [6, 6.07) is 14.8. The van der Waals surface area contributed by atoms with Crippen LogP contribution in [-0.2, 0) is 0 Å². The predicted molar refractivity (Wildman–Crippen MR) is 108 cm³/mol. The number of nitro benzene ring substituents is 1. The first-order chi connectivity index (χ1) is 13.5. The van der Waals surface area contributed by atoms with Crippen LogP contribution in [0.3, 0.4) is 0 Å². The molecule has 0 radical (unpaired) electrons. The first-order valence-corrected chi connectivity index (χ1v) is 9.44. The van der Waals surface area contributed by atoms with Gasteiger partial charge in [-0.1, -0.05) is 23.7 Å². The van der Waals surface area contributed by atoms with E-state index < -0.39 is 11.0 Å². The topological polar surface area (TPSA) is 85.5 Å². The summed E-state index contributed by atoms with van der Waals surface area (Å²) >= 11 is 7.26. The lowest BCUT2D eigenvalue weighted by Crippen LogP contribution is -1.98. The predicted octanol–water partition coefficient (Wildman–Crippen LogP) is 5.73. The molecule has 8 heteroatoms. The van der Waals surface area contributed by atoms with Crippen molar-refractivity contribution < 1.29 is 14.8 Å². The Bertz CT molecular complexity index is 1160. The molecule has 0 aliphatic rings. The van der Waals surface area contributed by atoms with Gasteiger partial charge in [-0.25, -0.2) is 0 Å². The second-order valence-corrected chi connectivity index (χ2v) is 7.56. The zero-order chi connectivity index (χ0) is 19.7. The molecule has 2 aromatic heterocycles. The average Bonchev–Trinajstić information content (AvgIpc) is 3.14. The van der Waals surface area contributed by atoms with E-state index in [2.05, 4.69) is 4.98 Å². The SMILES string of the molecule is O=[N+]([O-])c1cccc(C(O)c2cc3c(Oc4ccc(Cl)cc4)cncc3s2)c1. The molecule has 2 aromatic carbocycles. The maximum atomic E-state index is 11.0. The lowest BCUT2D eigenvalue weighted by molar-refractivity contribution is -0.385. The Kier molecular flexibility index (Phi) is 4.95. The first-order valence-electron chi connectivity index (χ1n) is 8.24. The summed E-state index contributed by atoms with van der Waals surface area (Å²) in [5, 5.41) is 23.1. The van der Waals surface area contributed by atoms with Crippen molar-refractivity contribution in [3.63, 3.8) is 0 Å². The fraction of sp³-hybridized carbons (Fsp3) is 0.0500. The van der Waals surface area contributed by atoms with Crippen molar-refractivity contribution in [1.29, 1.82) is 0 Å². The number of pyridine rings is 1. The number of thiophene rings is 1. The van der Waals surface area contributed by atoms with E-state index in [9.17, 15) is 15.2 Å². The Morgan fingerprint density at radius 1 is 1.14 bits per heavy atom. The highest BCUT2D eigenvalue weighted by molar-refractivity contribution is 7.19. The van der Waals surface area contributed by atoms with E-state index >= 15 is 0 Å². The molecule has 4 rings (SSSR count). The quantitative estimate of drug-likeness (QED) is 0.334. The molecular weight excluding hydrogens is 400 g/mol. The van der Waals surface area contributed by atoms with Crippen molar-refractivity contribution in [2.24, 2.45) is 0 Å². The van der Waals surface area contributed by atoms with Crippen LogP contribution in [-0.4, -0.2) is 15.0 Å². The maximum Gasteiger partial charge on any atom is 0.269 e. The molecule has 0 aliphatic heterocycles. The molecule has 0 bridgehead atoms. The molecule has 28 heavy (non-hydrogen) atoms. The Labute approximate surface area is 168 Å². The number of nitrogens with zero attached hydrogens (tertiary/aromatic N) is 2. The number of non-ortho nitro benzene ring substituents is 1. The Morgan fingerprint density at radius 3 is 2.68 bits per heavy atom. The summed E-state index contributed by atoms with van der Waals surface area (Å²) in [6.45, 7) is 0. The monoisotopic (exact) mass is 412 g/mol. The Balaban J connectivity index is 1.69. The zero-order valence-corrected chi connectivity index (χ0v) is 15.9. The molecule has 0 saturated heterocycles. The number of aliphatic hydroxyl groups excluding tert-OH is 1. The van der Waals surface area contributed by atoms with Crippen LogP contribution >= 0.6 is 22.9 Å². The van der Waals surface area contributed by atoms with Gasteiger partial charge in [0.25, 0.3) is 5.69 Å². The summed E-state index contributed by atoms with van der Waals surface area (Å²) in [6.07, 6.45) is 2.31. The largest absolute Gasteiger partial charge is 0.455 e. The van der Waals surface area contributed by atoms with Crippen LogP contribution in [0.15, 0.2) is 67.0 Å². The molecule has 0 saturated carbocycles. The molecule has 4 aromatic rings. The second kappa shape index (κ2) is 7.55. The molecule has 1 unspecified atom stereocenters. The van der Waals surface area contributed by atoms with Crippen molar-refractivity contribution in [2.75, 3.05) is 0 Å². The molecule has 140 valence electrons. The molecule has 0 amide bonds. The van der Waals surface area contributed by atoms with Crippen molar-refractivity contribution in [2.45, 2.75) is 6.10 Å². The van der Waals surface area contributed by atoms with Gasteiger partial charge in [0.2, 0.25) is 0 Å². The first kappa shape index (κ1) is 18.4. The number of aliphatic hydroxyl groups is 1. The summed E-state index contributed by atoms with van der Waals surface area (Å²) in [7, 11) is 0. The molecular formula is C20H13ClN2O4S. The average molecular weight is 413 g/mol. The van der Waals surface area contributed by atoms with Gasteiger partial charge in [0, 0.05) is 33.6 Å². The molecule has 2 heterocycles. The third-order valence-corrected chi connectivity index (χ3v) is 5.51. The highest BCUT2D eigenvalue weighted by Gasteiger charge is 2.18. The molecule has 6 nitrogen and oxygen atoms in total. The smallest absolute Gasteiger partial charge is 0.269 e. The minimum absolute atomic E-state index is 0.0638. The third kappa shape index (κ3) is 3.68. The van der Waals surface area contributed by atoms with Crippen LogP contribution in [0.5, 0.6) is 11.5 Å². The third-order valence-electron chi connectivity index (χ3n) is 4.14. The molecule has 0 aliphatic carbocycles. The molecule has 1 atom stereocenters. The highest BCUT2D eigenvalue weighted by atomic mass is 35.5. The fourth-order valence-corrected chi connectivity index (χ4v) is 3.96. The number of benzene rings is 2. The standard InChI is InChI=1S/C20H13ClN2O4S/c21-13-4-6-15(7-5-13)27-17-10-22-11-19-16(17)9-18(28-19)20(24)12-2-1-3-14(8-12)23(25)26/h1-11,20,24H. The zero-order valence-electron chi connectivity index (χ0n) is 14.3. The van der Waals surface area contributed by atoms with Gasteiger partial charge in [0.05, 0.1) is 15.8 Å². The summed E-state index contributed by atoms with van der Waals surface area (Å²) in [5.41, 5.74) is 0.389. The van der Waals surface area contributed by atoms with Crippen molar-refractivity contribution in [3.8, 4) is 11.5 Å². The Hall–Kier alpha value is -3.00. The number of fused-ring (bicyclic) bond motifs is 1. The minimum atomic E-state index is -0.985. The number of rotatable bonds is 5.